The number of esters is 1. The first-order chi connectivity index (χ1) is 8.34. The molecule has 2 aromatic rings. The Hall–Kier alpha value is -1.82. The Morgan fingerprint density at radius 2 is 2.00 bits per heavy atom. The van der Waals surface area contributed by atoms with Gasteiger partial charge in [-0.15, -0.1) is 0 Å². The minimum Gasteiger partial charge on any atom is -0.465 e. The summed E-state index contributed by atoms with van der Waals surface area (Å²) < 4.78 is 27.7. The summed E-state index contributed by atoms with van der Waals surface area (Å²) in [4.78, 5) is 14.9. The van der Waals surface area contributed by atoms with Crippen LogP contribution in [0.2, 0.25) is 0 Å². The van der Waals surface area contributed by atoms with Gasteiger partial charge in [0.2, 0.25) is 0 Å². The molecule has 1 aromatic carbocycles. The van der Waals surface area contributed by atoms with Crippen molar-refractivity contribution in [3.05, 3.63) is 29.5 Å². The predicted octanol–water partition coefficient (Wildman–Crippen LogP) is 1.67. The van der Waals surface area contributed by atoms with Crippen LogP contribution in [0.25, 0.3) is 10.9 Å². The molecule has 0 aliphatic heterocycles. The number of sulfone groups is 1. The first-order valence-electron chi connectivity index (χ1n) is 5.25. The van der Waals surface area contributed by atoms with Crippen molar-refractivity contribution in [2.75, 3.05) is 13.4 Å². The molecule has 0 saturated carbocycles. The van der Waals surface area contributed by atoms with Crippen molar-refractivity contribution in [3.8, 4) is 0 Å². The molecule has 0 saturated heterocycles. The molecular formula is C12H13NO4S. The second-order valence-electron chi connectivity index (χ2n) is 4.10. The number of aromatic nitrogens is 1. The highest BCUT2D eigenvalue weighted by Crippen LogP contribution is 2.25. The summed E-state index contributed by atoms with van der Waals surface area (Å²) >= 11 is 0. The van der Waals surface area contributed by atoms with Crippen LogP contribution in [0, 0.1) is 6.92 Å². The number of aryl methyl sites for hydroxylation is 1. The summed E-state index contributed by atoms with van der Waals surface area (Å²) in [6.07, 6.45) is 1.13. The molecule has 0 fully saturated rings. The third-order valence-corrected chi connectivity index (χ3v) is 3.89. The third-order valence-electron chi connectivity index (χ3n) is 2.78. The number of benzene rings is 1. The van der Waals surface area contributed by atoms with Crippen LogP contribution >= 0.6 is 0 Å². The summed E-state index contributed by atoms with van der Waals surface area (Å²) in [5.41, 5.74) is 1.74. The smallest absolute Gasteiger partial charge is 0.340 e. The first kappa shape index (κ1) is 12.6. The van der Waals surface area contributed by atoms with E-state index in [1.165, 1.54) is 19.2 Å². The van der Waals surface area contributed by atoms with E-state index in [-0.39, 0.29) is 4.90 Å². The molecule has 2 rings (SSSR count). The van der Waals surface area contributed by atoms with E-state index < -0.39 is 15.8 Å². The van der Waals surface area contributed by atoms with Crippen LogP contribution in [0.5, 0.6) is 0 Å². The van der Waals surface area contributed by atoms with Crippen molar-refractivity contribution in [3.63, 3.8) is 0 Å². The molecule has 0 unspecified atom stereocenters. The Kier molecular flexibility index (Phi) is 2.90. The lowest BCUT2D eigenvalue weighted by molar-refractivity contribution is 0.0602. The van der Waals surface area contributed by atoms with Crippen molar-refractivity contribution in [1.29, 1.82) is 0 Å². The highest BCUT2D eigenvalue weighted by atomic mass is 32.2. The van der Waals surface area contributed by atoms with Crippen molar-refractivity contribution in [2.45, 2.75) is 11.8 Å². The number of fused-ring (bicyclic) bond motifs is 1. The standard InChI is InChI=1S/C12H13NO4S/c1-7-11(12(14)17-2)9-6-8(18(3,15)16)4-5-10(9)13-7/h4-6,13H,1-3H3. The summed E-state index contributed by atoms with van der Waals surface area (Å²) in [7, 11) is -2.01. The SMILES string of the molecule is COC(=O)c1c(C)[nH]c2ccc(S(C)(=O)=O)cc12. The van der Waals surface area contributed by atoms with Gasteiger partial charge >= 0.3 is 5.97 Å². The molecule has 5 nitrogen and oxygen atoms in total. The largest absolute Gasteiger partial charge is 0.465 e. The number of methoxy groups -OCH3 is 1. The number of nitrogens with one attached hydrogen (secondary N) is 1. The molecule has 0 spiro atoms. The fourth-order valence-corrected chi connectivity index (χ4v) is 2.55. The van der Waals surface area contributed by atoms with Crippen LogP contribution in [-0.2, 0) is 14.6 Å². The Bertz CT molecular complexity index is 728. The van der Waals surface area contributed by atoms with E-state index in [2.05, 4.69) is 4.98 Å². The monoisotopic (exact) mass is 267 g/mol. The number of hydrogen-bond donors (Lipinski definition) is 1. The predicted molar refractivity (Wildman–Crippen MR) is 67.5 cm³/mol. The molecule has 1 N–H and O–H groups in total. The van der Waals surface area contributed by atoms with Gasteiger partial charge in [0.25, 0.3) is 0 Å². The lowest BCUT2D eigenvalue weighted by Crippen LogP contribution is -2.02. The molecule has 0 amide bonds. The van der Waals surface area contributed by atoms with Gasteiger partial charge in [-0.2, -0.15) is 0 Å². The lowest BCUT2D eigenvalue weighted by Gasteiger charge is -2.01. The Morgan fingerprint density at radius 1 is 1.33 bits per heavy atom. The Morgan fingerprint density at radius 3 is 2.56 bits per heavy atom. The van der Waals surface area contributed by atoms with E-state index in [0.717, 1.165) is 6.26 Å². The lowest BCUT2D eigenvalue weighted by atomic mass is 10.1. The van der Waals surface area contributed by atoms with E-state index in [1.54, 1.807) is 13.0 Å². The number of rotatable bonds is 2. The molecule has 0 bridgehead atoms. The fraction of sp³-hybridized carbons (Fsp3) is 0.250. The highest BCUT2D eigenvalue weighted by Gasteiger charge is 2.18. The first-order valence-corrected chi connectivity index (χ1v) is 7.14. The molecule has 0 aliphatic carbocycles. The number of carbonyl (C=O) groups excluding carboxylic acids is 1. The van der Waals surface area contributed by atoms with Crippen LogP contribution in [-0.4, -0.2) is 32.7 Å². The number of ether oxygens (including phenoxy) is 1. The molecular weight excluding hydrogens is 254 g/mol. The maximum Gasteiger partial charge on any atom is 0.340 e. The van der Waals surface area contributed by atoms with Crippen molar-refractivity contribution in [2.24, 2.45) is 0 Å². The molecule has 96 valence electrons. The van der Waals surface area contributed by atoms with Crippen molar-refractivity contribution >= 4 is 26.7 Å². The average Bonchev–Trinajstić information content (AvgIpc) is 2.61. The van der Waals surface area contributed by atoms with Crippen LogP contribution < -0.4 is 0 Å². The Balaban J connectivity index is 2.79. The quantitative estimate of drug-likeness (QED) is 0.840. The van der Waals surface area contributed by atoms with E-state index in [9.17, 15) is 13.2 Å². The summed E-state index contributed by atoms with van der Waals surface area (Å²) in [6.45, 7) is 1.74. The van der Waals surface area contributed by atoms with E-state index in [4.69, 9.17) is 4.74 Å². The zero-order chi connectivity index (χ0) is 13.5. The molecule has 0 aliphatic rings. The second kappa shape index (κ2) is 4.13. The molecule has 0 atom stereocenters. The zero-order valence-corrected chi connectivity index (χ0v) is 11.1. The molecule has 1 aromatic heterocycles. The van der Waals surface area contributed by atoms with Gasteiger partial charge in [-0.1, -0.05) is 0 Å². The molecule has 18 heavy (non-hydrogen) atoms. The Labute approximate surface area is 105 Å². The van der Waals surface area contributed by atoms with E-state index >= 15 is 0 Å². The summed E-state index contributed by atoms with van der Waals surface area (Å²) in [5, 5.41) is 0.558. The van der Waals surface area contributed by atoms with Gasteiger partial charge in [-0.3, -0.25) is 0 Å². The molecule has 6 heteroatoms. The average molecular weight is 267 g/mol. The van der Waals surface area contributed by atoms with Gasteiger partial charge < -0.3 is 9.72 Å². The zero-order valence-electron chi connectivity index (χ0n) is 10.3. The van der Waals surface area contributed by atoms with Gasteiger partial charge in [0.15, 0.2) is 9.84 Å². The van der Waals surface area contributed by atoms with E-state index in [0.29, 0.717) is 22.2 Å². The van der Waals surface area contributed by atoms with Gasteiger partial charge in [0, 0.05) is 22.9 Å². The van der Waals surface area contributed by atoms with Gasteiger partial charge in [-0.25, -0.2) is 13.2 Å². The fourth-order valence-electron chi connectivity index (χ4n) is 1.90. The van der Waals surface area contributed by atoms with Crippen LogP contribution in [0.1, 0.15) is 16.1 Å². The van der Waals surface area contributed by atoms with Gasteiger partial charge in [0.1, 0.15) is 0 Å². The number of H-pyrrole nitrogens is 1. The van der Waals surface area contributed by atoms with Crippen LogP contribution in [0.3, 0.4) is 0 Å². The van der Waals surface area contributed by atoms with Crippen LogP contribution in [0.15, 0.2) is 23.1 Å². The maximum absolute atomic E-state index is 11.7. The topological polar surface area (TPSA) is 76.2 Å². The minimum atomic E-state index is -3.30. The normalized spacial score (nSPS) is 11.7. The maximum atomic E-state index is 11.7. The molecule has 1 heterocycles. The molecule has 0 radical (unpaired) electrons. The summed E-state index contributed by atoms with van der Waals surface area (Å²) in [6, 6.07) is 4.64. The number of aromatic amines is 1. The summed E-state index contributed by atoms with van der Waals surface area (Å²) in [5.74, 6) is -0.482. The van der Waals surface area contributed by atoms with Crippen LogP contribution in [0.4, 0.5) is 0 Å². The highest BCUT2D eigenvalue weighted by molar-refractivity contribution is 7.90. The van der Waals surface area contributed by atoms with Gasteiger partial charge in [0.05, 0.1) is 17.6 Å². The van der Waals surface area contributed by atoms with E-state index in [1.807, 2.05) is 0 Å². The van der Waals surface area contributed by atoms with Crippen molar-refractivity contribution in [1.82, 2.24) is 4.98 Å². The van der Waals surface area contributed by atoms with Gasteiger partial charge in [-0.05, 0) is 25.1 Å². The van der Waals surface area contributed by atoms with Crippen molar-refractivity contribution < 1.29 is 17.9 Å². The number of carbonyl (C=O) groups is 1. The third kappa shape index (κ3) is 1.99. The number of hydrogen-bond acceptors (Lipinski definition) is 4. The second-order valence-corrected chi connectivity index (χ2v) is 6.11. The minimum absolute atomic E-state index is 0.180.